The van der Waals surface area contributed by atoms with Gasteiger partial charge in [-0.15, -0.1) is 0 Å². The number of aromatic nitrogens is 2. The molecule has 0 N–H and O–H groups in total. The van der Waals surface area contributed by atoms with Gasteiger partial charge < -0.3 is 4.90 Å². The molecule has 0 bridgehead atoms. The van der Waals surface area contributed by atoms with Crippen molar-refractivity contribution < 1.29 is 4.39 Å². The summed E-state index contributed by atoms with van der Waals surface area (Å²) in [7, 11) is 1.84. The molecule has 0 saturated heterocycles. The van der Waals surface area contributed by atoms with Gasteiger partial charge in [-0.25, -0.2) is 14.4 Å². The third kappa shape index (κ3) is 2.82. The largest absolute Gasteiger partial charge is 0.340 e. The number of rotatable bonds is 3. The average Bonchev–Trinajstić information content (AvgIpc) is 2.04. The molecule has 1 aromatic heterocycles. The van der Waals surface area contributed by atoms with Crippen LogP contribution in [0, 0.1) is 5.82 Å². The predicted octanol–water partition coefficient (Wildman–Crippen LogP) is 1.63. The molecule has 0 spiro atoms. The number of hydrogen-bond donors (Lipinski definition) is 0. The Balaban J connectivity index is 2.71. The fourth-order valence-electron chi connectivity index (χ4n) is 0.978. The average molecular weight is 181 g/mol. The maximum atomic E-state index is 12.5. The Morgan fingerprint density at radius 2 is 2.08 bits per heavy atom. The summed E-state index contributed by atoms with van der Waals surface area (Å²) in [6, 6.07) is 0. The van der Waals surface area contributed by atoms with E-state index in [4.69, 9.17) is 0 Å². The molecule has 0 fully saturated rings. The van der Waals surface area contributed by atoms with E-state index in [1.807, 2.05) is 18.9 Å². The van der Waals surface area contributed by atoms with Gasteiger partial charge >= 0.3 is 0 Å². The Labute approximate surface area is 76.9 Å². The Morgan fingerprint density at radius 1 is 1.54 bits per heavy atom. The lowest BCUT2D eigenvalue weighted by Crippen LogP contribution is -2.21. The molecular formula is C9H12FN3. The van der Waals surface area contributed by atoms with E-state index in [1.54, 1.807) is 0 Å². The highest BCUT2D eigenvalue weighted by Crippen LogP contribution is 2.05. The zero-order valence-corrected chi connectivity index (χ0v) is 7.79. The highest BCUT2D eigenvalue weighted by atomic mass is 19.1. The van der Waals surface area contributed by atoms with E-state index in [-0.39, 0.29) is 0 Å². The molecule has 0 aliphatic rings. The lowest BCUT2D eigenvalue weighted by molar-refractivity contribution is 0.612. The van der Waals surface area contributed by atoms with Gasteiger partial charge in [0.05, 0.1) is 12.4 Å². The molecule has 0 aromatic carbocycles. The van der Waals surface area contributed by atoms with Crippen molar-refractivity contribution in [3.8, 4) is 0 Å². The van der Waals surface area contributed by atoms with Crippen LogP contribution < -0.4 is 4.90 Å². The lowest BCUT2D eigenvalue weighted by Gasteiger charge is -2.15. The minimum absolute atomic E-state index is 0.424. The Bertz CT molecular complexity index is 294. The summed E-state index contributed by atoms with van der Waals surface area (Å²) < 4.78 is 12.5. The van der Waals surface area contributed by atoms with Crippen LogP contribution in [0.15, 0.2) is 24.5 Å². The molecule has 0 atom stereocenters. The van der Waals surface area contributed by atoms with Crippen molar-refractivity contribution in [2.45, 2.75) is 6.92 Å². The molecule has 1 heterocycles. The summed E-state index contributed by atoms with van der Waals surface area (Å²) in [6.45, 7) is 6.36. The van der Waals surface area contributed by atoms with Crippen LogP contribution in [0.1, 0.15) is 6.92 Å². The van der Waals surface area contributed by atoms with Crippen LogP contribution in [0.2, 0.25) is 0 Å². The van der Waals surface area contributed by atoms with Crippen molar-refractivity contribution in [3.63, 3.8) is 0 Å². The molecule has 0 aliphatic carbocycles. The van der Waals surface area contributed by atoms with Gasteiger partial charge in [-0.3, -0.25) is 0 Å². The Morgan fingerprint density at radius 3 is 2.54 bits per heavy atom. The van der Waals surface area contributed by atoms with Gasteiger partial charge in [-0.1, -0.05) is 12.2 Å². The Kier molecular flexibility index (Phi) is 2.95. The first-order valence-electron chi connectivity index (χ1n) is 3.92. The van der Waals surface area contributed by atoms with E-state index in [9.17, 15) is 4.39 Å². The third-order valence-electron chi connectivity index (χ3n) is 1.46. The summed E-state index contributed by atoms with van der Waals surface area (Å²) in [5.41, 5.74) is 1.01. The van der Waals surface area contributed by atoms with E-state index in [0.717, 1.165) is 18.0 Å². The van der Waals surface area contributed by atoms with Crippen molar-refractivity contribution in [1.29, 1.82) is 0 Å². The monoisotopic (exact) mass is 181 g/mol. The second-order valence-electron chi connectivity index (χ2n) is 3.01. The van der Waals surface area contributed by atoms with E-state index in [2.05, 4.69) is 16.5 Å². The highest BCUT2D eigenvalue weighted by molar-refractivity contribution is 5.29. The standard InChI is InChI=1S/C9H12FN3/c1-7(2)6-13(3)9-11-4-8(10)5-12-9/h4-5H,1,6H2,2-3H3. The molecule has 1 rings (SSSR count). The molecule has 3 nitrogen and oxygen atoms in total. The number of likely N-dealkylation sites (N-methyl/N-ethyl adjacent to an activating group) is 1. The highest BCUT2D eigenvalue weighted by Gasteiger charge is 2.03. The predicted molar refractivity (Wildman–Crippen MR) is 50.1 cm³/mol. The summed E-state index contributed by atoms with van der Waals surface area (Å²) >= 11 is 0. The van der Waals surface area contributed by atoms with Gasteiger partial charge in [-0.2, -0.15) is 0 Å². The van der Waals surface area contributed by atoms with Crippen LogP contribution in [0.4, 0.5) is 10.3 Å². The van der Waals surface area contributed by atoms with Crippen LogP contribution in [-0.4, -0.2) is 23.6 Å². The zero-order valence-electron chi connectivity index (χ0n) is 7.79. The summed E-state index contributed by atoms with van der Waals surface area (Å²) in [6.07, 6.45) is 2.30. The fraction of sp³-hybridized carbons (Fsp3) is 0.333. The quantitative estimate of drug-likeness (QED) is 0.663. The van der Waals surface area contributed by atoms with Crippen LogP contribution >= 0.6 is 0 Å². The topological polar surface area (TPSA) is 29.0 Å². The van der Waals surface area contributed by atoms with Gasteiger partial charge in [0.1, 0.15) is 0 Å². The fourth-order valence-corrected chi connectivity index (χ4v) is 0.978. The molecule has 0 aliphatic heterocycles. The van der Waals surface area contributed by atoms with Crippen molar-refractivity contribution in [1.82, 2.24) is 9.97 Å². The molecule has 0 unspecified atom stereocenters. The molecule has 13 heavy (non-hydrogen) atoms. The molecular weight excluding hydrogens is 169 g/mol. The summed E-state index contributed by atoms with van der Waals surface area (Å²) in [5, 5.41) is 0. The molecule has 0 saturated carbocycles. The van der Waals surface area contributed by atoms with Crippen LogP contribution in [0.5, 0.6) is 0 Å². The minimum Gasteiger partial charge on any atom is -0.340 e. The lowest BCUT2D eigenvalue weighted by atomic mass is 10.3. The van der Waals surface area contributed by atoms with Crippen LogP contribution in [0.25, 0.3) is 0 Å². The van der Waals surface area contributed by atoms with E-state index >= 15 is 0 Å². The summed E-state index contributed by atoms with van der Waals surface area (Å²) in [4.78, 5) is 9.47. The second-order valence-corrected chi connectivity index (χ2v) is 3.01. The third-order valence-corrected chi connectivity index (χ3v) is 1.46. The van der Waals surface area contributed by atoms with Gasteiger partial charge in [-0.05, 0) is 6.92 Å². The molecule has 70 valence electrons. The normalized spacial score (nSPS) is 9.77. The minimum atomic E-state index is -0.424. The number of hydrogen-bond acceptors (Lipinski definition) is 3. The SMILES string of the molecule is C=C(C)CN(C)c1ncc(F)cn1. The maximum absolute atomic E-state index is 12.5. The van der Waals surface area contributed by atoms with E-state index < -0.39 is 5.82 Å². The van der Waals surface area contributed by atoms with Crippen LogP contribution in [0.3, 0.4) is 0 Å². The van der Waals surface area contributed by atoms with E-state index in [1.165, 1.54) is 0 Å². The van der Waals surface area contributed by atoms with Crippen LogP contribution in [-0.2, 0) is 0 Å². The van der Waals surface area contributed by atoms with Gasteiger partial charge in [0.25, 0.3) is 0 Å². The van der Waals surface area contributed by atoms with Gasteiger partial charge in [0.15, 0.2) is 5.82 Å². The second kappa shape index (κ2) is 3.98. The van der Waals surface area contributed by atoms with Crippen molar-refractivity contribution in [3.05, 3.63) is 30.4 Å². The zero-order chi connectivity index (χ0) is 9.84. The first-order valence-corrected chi connectivity index (χ1v) is 3.92. The molecule has 4 heteroatoms. The molecule has 0 radical (unpaired) electrons. The first-order chi connectivity index (χ1) is 6.09. The van der Waals surface area contributed by atoms with E-state index in [0.29, 0.717) is 12.5 Å². The summed E-state index contributed by atoms with van der Waals surface area (Å²) in [5.74, 6) is 0.0804. The first kappa shape index (κ1) is 9.64. The van der Waals surface area contributed by atoms with Gasteiger partial charge in [0, 0.05) is 13.6 Å². The molecule has 1 aromatic rings. The van der Waals surface area contributed by atoms with Crippen molar-refractivity contribution in [2.24, 2.45) is 0 Å². The smallest absolute Gasteiger partial charge is 0.225 e. The van der Waals surface area contributed by atoms with Gasteiger partial charge in [0.2, 0.25) is 5.95 Å². The molecule has 0 amide bonds. The maximum Gasteiger partial charge on any atom is 0.225 e. The number of halogens is 1. The number of nitrogens with zero attached hydrogens (tertiary/aromatic N) is 3. The van der Waals surface area contributed by atoms with Crippen molar-refractivity contribution >= 4 is 5.95 Å². The Hall–Kier alpha value is -1.45. The van der Waals surface area contributed by atoms with Crippen molar-refractivity contribution in [2.75, 3.05) is 18.5 Å². The number of anilines is 1.